The second-order valence-electron chi connectivity index (χ2n) is 5.14. The molecule has 0 unspecified atom stereocenters. The number of benzene rings is 1. The number of carbonyl (C=O) groups excluding carboxylic acids is 1. The van der Waals surface area contributed by atoms with Crippen molar-refractivity contribution < 1.29 is 18.0 Å². The van der Waals surface area contributed by atoms with E-state index in [0.29, 0.717) is 10.4 Å². The smallest absolute Gasteiger partial charge is 0.330 e. The molecule has 0 bridgehead atoms. The second-order valence-corrected chi connectivity index (χ2v) is 6.93. The maximum absolute atomic E-state index is 13.4. The monoisotopic (exact) mass is 385 g/mol. The van der Waals surface area contributed by atoms with Gasteiger partial charge in [0.15, 0.2) is 0 Å². The minimum absolute atomic E-state index is 0.0546. The molecule has 132 valence electrons. The lowest BCUT2D eigenvalue weighted by atomic mass is 10.0. The fourth-order valence-corrected chi connectivity index (χ4v) is 3.28. The number of amides is 1. The zero-order valence-electron chi connectivity index (χ0n) is 13.1. The van der Waals surface area contributed by atoms with Crippen LogP contribution in [0.3, 0.4) is 0 Å². The molecule has 0 saturated carbocycles. The van der Waals surface area contributed by atoms with Crippen molar-refractivity contribution in [3.63, 3.8) is 0 Å². The van der Waals surface area contributed by atoms with Gasteiger partial charge in [-0.2, -0.15) is 13.2 Å². The molecule has 0 radical (unpaired) electrons. The summed E-state index contributed by atoms with van der Waals surface area (Å²) in [5, 5.41) is 0. The highest BCUT2D eigenvalue weighted by Gasteiger charge is 2.35. The van der Waals surface area contributed by atoms with Gasteiger partial charge >= 0.3 is 6.18 Å². The molecular weight excluding hydrogens is 371 g/mol. The Morgan fingerprint density at radius 2 is 1.88 bits per heavy atom. The maximum Gasteiger partial charge on any atom is 0.417 e. The molecule has 0 atom stereocenters. The van der Waals surface area contributed by atoms with Crippen LogP contribution in [-0.4, -0.2) is 23.5 Å². The Kier molecular flexibility index (Phi) is 6.45. The van der Waals surface area contributed by atoms with Crippen LogP contribution in [0.2, 0.25) is 4.34 Å². The molecule has 1 aromatic heterocycles. The van der Waals surface area contributed by atoms with Crippen molar-refractivity contribution in [2.45, 2.75) is 12.7 Å². The average molecular weight is 386 g/mol. The number of allylic oxidation sites excluding steroid dienone is 1. The number of nitrogens with zero attached hydrogens (tertiary/aromatic N) is 1. The number of hydrogen-bond acceptors (Lipinski definition) is 2. The first-order valence-corrected chi connectivity index (χ1v) is 8.49. The van der Waals surface area contributed by atoms with E-state index in [1.807, 2.05) is 0 Å². The van der Waals surface area contributed by atoms with E-state index in [1.54, 1.807) is 18.2 Å². The molecule has 0 spiro atoms. The molecule has 1 aromatic carbocycles. The Morgan fingerprint density at radius 3 is 2.40 bits per heavy atom. The van der Waals surface area contributed by atoms with E-state index >= 15 is 0 Å². The third-order valence-electron chi connectivity index (χ3n) is 3.29. The molecule has 0 aliphatic heterocycles. The van der Waals surface area contributed by atoms with Crippen molar-refractivity contribution in [1.29, 1.82) is 0 Å². The van der Waals surface area contributed by atoms with Crippen LogP contribution in [0.5, 0.6) is 0 Å². The van der Waals surface area contributed by atoms with Crippen LogP contribution in [-0.2, 0) is 11.3 Å². The summed E-state index contributed by atoms with van der Waals surface area (Å²) in [7, 11) is 0. The van der Waals surface area contributed by atoms with Gasteiger partial charge < -0.3 is 4.90 Å². The molecule has 2 nitrogen and oxygen atoms in total. The first-order chi connectivity index (χ1) is 11.8. The van der Waals surface area contributed by atoms with Crippen LogP contribution in [0.15, 0.2) is 61.2 Å². The van der Waals surface area contributed by atoms with Crippen LogP contribution in [0.1, 0.15) is 10.4 Å². The van der Waals surface area contributed by atoms with Gasteiger partial charge in [-0.3, -0.25) is 4.79 Å². The van der Waals surface area contributed by atoms with Crippen LogP contribution >= 0.6 is 22.9 Å². The summed E-state index contributed by atoms with van der Waals surface area (Å²) < 4.78 is 40.7. The Bertz CT molecular complexity index is 768. The van der Waals surface area contributed by atoms with Gasteiger partial charge in [0.05, 0.1) is 16.5 Å². The van der Waals surface area contributed by atoms with Gasteiger partial charge in [-0.25, -0.2) is 0 Å². The van der Waals surface area contributed by atoms with Gasteiger partial charge in [0, 0.05) is 17.5 Å². The van der Waals surface area contributed by atoms with E-state index in [4.69, 9.17) is 11.6 Å². The van der Waals surface area contributed by atoms with Crippen molar-refractivity contribution in [2.75, 3.05) is 6.54 Å². The molecule has 2 rings (SSSR count). The van der Waals surface area contributed by atoms with Crippen molar-refractivity contribution in [3.05, 3.63) is 76.0 Å². The van der Waals surface area contributed by atoms with Gasteiger partial charge in [-0.15, -0.1) is 17.9 Å². The summed E-state index contributed by atoms with van der Waals surface area (Å²) in [5.41, 5.74) is -1.03. The third kappa shape index (κ3) is 5.47. The molecule has 0 aliphatic rings. The van der Waals surface area contributed by atoms with Crippen LogP contribution in [0.4, 0.5) is 13.2 Å². The van der Waals surface area contributed by atoms with E-state index in [0.717, 1.165) is 4.88 Å². The molecule has 7 heteroatoms. The number of alkyl halides is 3. The van der Waals surface area contributed by atoms with Gasteiger partial charge in [0.2, 0.25) is 5.91 Å². The van der Waals surface area contributed by atoms with E-state index < -0.39 is 17.7 Å². The molecule has 2 aromatic rings. The lowest BCUT2D eigenvalue weighted by Gasteiger charge is -2.20. The summed E-state index contributed by atoms with van der Waals surface area (Å²) in [6, 6.07) is 10.7. The predicted molar refractivity (Wildman–Crippen MR) is 95.4 cm³/mol. The SMILES string of the molecule is C=CCN(Cc1ccc(Cl)s1)C(=O)/C=C(/c1ccccc1)C(F)(F)F. The molecule has 0 fully saturated rings. The van der Waals surface area contributed by atoms with Crippen LogP contribution < -0.4 is 0 Å². The van der Waals surface area contributed by atoms with Crippen LogP contribution in [0, 0.1) is 0 Å². The first kappa shape index (κ1) is 19.3. The van der Waals surface area contributed by atoms with Crippen molar-refractivity contribution in [1.82, 2.24) is 4.90 Å². The quantitative estimate of drug-likeness (QED) is 0.470. The number of thiophene rings is 1. The minimum Gasteiger partial charge on any atom is -0.330 e. The third-order valence-corrected chi connectivity index (χ3v) is 4.51. The number of carbonyl (C=O) groups is 1. The molecule has 0 aliphatic carbocycles. The van der Waals surface area contributed by atoms with Crippen molar-refractivity contribution in [2.24, 2.45) is 0 Å². The molecule has 1 heterocycles. The maximum atomic E-state index is 13.4. The minimum atomic E-state index is -4.64. The zero-order chi connectivity index (χ0) is 18.4. The first-order valence-electron chi connectivity index (χ1n) is 7.29. The van der Waals surface area contributed by atoms with Gasteiger partial charge in [0.1, 0.15) is 0 Å². The number of hydrogen-bond donors (Lipinski definition) is 0. The summed E-state index contributed by atoms with van der Waals surface area (Å²) in [4.78, 5) is 14.5. The van der Waals surface area contributed by atoms with E-state index in [1.165, 1.54) is 46.6 Å². The summed E-state index contributed by atoms with van der Waals surface area (Å²) in [5.74, 6) is -0.736. The Morgan fingerprint density at radius 1 is 1.20 bits per heavy atom. The standard InChI is InChI=1S/C18H15ClF3NOS/c1-2-10-23(12-14-8-9-16(19)25-14)17(24)11-15(18(20,21)22)13-6-4-3-5-7-13/h2-9,11H,1,10,12H2/b15-11-. The number of halogens is 4. The van der Waals surface area contributed by atoms with Crippen molar-refractivity contribution >= 4 is 34.4 Å². The lowest BCUT2D eigenvalue weighted by Crippen LogP contribution is -2.29. The normalized spacial score (nSPS) is 12.1. The average Bonchev–Trinajstić information content (AvgIpc) is 2.97. The van der Waals surface area contributed by atoms with Gasteiger partial charge in [-0.1, -0.05) is 48.0 Å². The number of rotatable bonds is 6. The largest absolute Gasteiger partial charge is 0.417 e. The van der Waals surface area contributed by atoms with Gasteiger partial charge in [-0.05, 0) is 17.7 Å². The summed E-state index contributed by atoms with van der Waals surface area (Å²) in [6.45, 7) is 3.85. The molecule has 0 saturated heterocycles. The molecular formula is C18H15ClF3NOS. The Balaban J connectivity index is 2.31. The van der Waals surface area contributed by atoms with Crippen LogP contribution in [0.25, 0.3) is 5.57 Å². The Labute approximate surface area is 152 Å². The fourth-order valence-electron chi connectivity index (χ4n) is 2.17. The summed E-state index contributed by atoms with van der Waals surface area (Å²) >= 11 is 7.13. The molecule has 1 amide bonds. The van der Waals surface area contributed by atoms with E-state index in [9.17, 15) is 18.0 Å². The molecule has 0 N–H and O–H groups in total. The predicted octanol–water partition coefficient (Wildman–Crippen LogP) is 5.56. The van der Waals surface area contributed by atoms with E-state index in [-0.39, 0.29) is 18.7 Å². The summed E-state index contributed by atoms with van der Waals surface area (Å²) in [6.07, 6.45) is -2.53. The highest BCUT2D eigenvalue weighted by atomic mass is 35.5. The Hall–Kier alpha value is -2.05. The fraction of sp³-hybridized carbons (Fsp3) is 0.167. The zero-order valence-corrected chi connectivity index (χ0v) is 14.7. The molecule has 25 heavy (non-hydrogen) atoms. The van der Waals surface area contributed by atoms with E-state index in [2.05, 4.69) is 6.58 Å². The highest BCUT2D eigenvalue weighted by molar-refractivity contribution is 7.16. The van der Waals surface area contributed by atoms with Crippen molar-refractivity contribution in [3.8, 4) is 0 Å². The second kappa shape index (κ2) is 8.36. The lowest BCUT2D eigenvalue weighted by molar-refractivity contribution is -0.126. The highest BCUT2D eigenvalue weighted by Crippen LogP contribution is 2.34. The van der Waals surface area contributed by atoms with Gasteiger partial charge in [0.25, 0.3) is 0 Å². The topological polar surface area (TPSA) is 20.3 Å².